The van der Waals surface area contributed by atoms with E-state index in [0.29, 0.717) is 17.2 Å². The molecule has 2 N–H and O–H groups in total. The van der Waals surface area contributed by atoms with E-state index in [4.69, 9.17) is 0 Å². The van der Waals surface area contributed by atoms with Crippen molar-refractivity contribution < 1.29 is 9.72 Å². The highest BCUT2D eigenvalue weighted by molar-refractivity contribution is 5.90. The van der Waals surface area contributed by atoms with Gasteiger partial charge in [-0.2, -0.15) is 5.10 Å². The SMILES string of the molecule is Cc1cc(C)n(-c2ccc(NC(=O)CCNc3ccccc3[N+](=O)[O-])cn2)n1. The Kier molecular flexibility index (Phi) is 5.64. The van der Waals surface area contributed by atoms with Crippen molar-refractivity contribution in [3.63, 3.8) is 0 Å². The molecule has 0 saturated heterocycles. The number of anilines is 2. The molecule has 0 unspecified atom stereocenters. The molecule has 0 spiro atoms. The molecule has 0 aliphatic heterocycles. The van der Waals surface area contributed by atoms with Gasteiger partial charge in [-0.3, -0.25) is 14.9 Å². The normalized spacial score (nSPS) is 10.5. The summed E-state index contributed by atoms with van der Waals surface area (Å²) in [6, 6.07) is 11.8. The minimum atomic E-state index is -0.460. The number of para-hydroxylation sites is 2. The lowest BCUT2D eigenvalue weighted by atomic mass is 10.2. The second-order valence-electron chi connectivity index (χ2n) is 6.24. The smallest absolute Gasteiger partial charge is 0.292 e. The van der Waals surface area contributed by atoms with E-state index in [1.165, 1.54) is 6.07 Å². The van der Waals surface area contributed by atoms with Crippen molar-refractivity contribution >= 4 is 23.0 Å². The standard InChI is InChI=1S/C19H20N6O3/c1-13-11-14(2)24(23-13)18-8-7-15(12-21-18)22-19(26)9-10-20-16-5-3-4-6-17(16)25(27)28/h3-8,11-12,20H,9-10H2,1-2H3,(H,22,26). The minimum Gasteiger partial charge on any atom is -0.379 e. The molecule has 0 atom stereocenters. The van der Waals surface area contributed by atoms with Crippen LogP contribution in [-0.4, -0.2) is 32.1 Å². The Balaban J connectivity index is 1.54. The molecule has 0 saturated carbocycles. The summed E-state index contributed by atoms with van der Waals surface area (Å²) in [6.07, 6.45) is 1.73. The first-order valence-corrected chi connectivity index (χ1v) is 8.71. The van der Waals surface area contributed by atoms with Crippen molar-refractivity contribution in [3.05, 3.63) is 70.2 Å². The maximum Gasteiger partial charge on any atom is 0.292 e. The van der Waals surface area contributed by atoms with Crippen LogP contribution >= 0.6 is 0 Å². The summed E-state index contributed by atoms with van der Waals surface area (Å²) in [6.45, 7) is 4.13. The number of carbonyl (C=O) groups excluding carboxylic acids is 1. The van der Waals surface area contributed by atoms with Crippen LogP contribution in [0.15, 0.2) is 48.7 Å². The largest absolute Gasteiger partial charge is 0.379 e. The highest BCUT2D eigenvalue weighted by Crippen LogP contribution is 2.23. The molecular weight excluding hydrogens is 360 g/mol. The van der Waals surface area contributed by atoms with E-state index >= 15 is 0 Å². The summed E-state index contributed by atoms with van der Waals surface area (Å²) in [4.78, 5) is 27.0. The maximum atomic E-state index is 12.1. The lowest BCUT2D eigenvalue weighted by Crippen LogP contribution is -2.16. The summed E-state index contributed by atoms with van der Waals surface area (Å²) in [7, 11) is 0. The molecule has 28 heavy (non-hydrogen) atoms. The van der Waals surface area contributed by atoms with Crippen molar-refractivity contribution in [3.8, 4) is 5.82 Å². The van der Waals surface area contributed by atoms with Gasteiger partial charge in [0, 0.05) is 24.7 Å². The van der Waals surface area contributed by atoms with Crippen LogP contribution in [0.4, 0.5) is 17.1 Å². The molecule has 0 fully saturated rings. The Morgan fingerprint density at radius 2 is 2.00 bits per heavy atom. The van der Waals surface area contributed by atoms with Crippen LogP contribution in [0.5, 0.6) is 0 Å². The molecule has 3 aromatic rings. The van der Waals surface area contributed by atoms with E-state index in [2.05, 4.69) is 20.7 Å². The van der Waals surface area contributed by atoms with Crippen molar-refractivity contribution in [2.24, 2.45) is 0 Å². The minimum absolute atomic E-state index is 0.0214. The van der Waals surface area contributed by atoms with Gasteiger partial charge in [-0.15, -0.1) is 0 Å². The Hall–Kier alpha value is -3.75. The van der Waals surface area contributed by atoms with Gasteiger partial charge in [0.15, 0.2) is 5.82 Å². The van der Waals surface area contributed by atoms with Crippen LogP contribution in [-0.2, 0) is 4.79 Å². The van der Waals surface area contributed by atoms with Gasteiger partial charge in [-0.1, -0.05) is 12.1 Å². The Bertz CT molecular complexity index is 997. The van der Waals surface area contributed by atoms with Crippen LogP contribution in [0.1, 0.15) is 17.8 Å². The third-order valence-electron chi connectivity index (χ3n) is 4.03. The van der Waals surface area contributed by atoms with Crippen LogP contribution in [0.2, 0.25) is 0 Å². The molecule has 144 valence electrons. The molecule has 0 aliphatic rings. The lowest BCUT2D eigenvalue weighted by Gasteiger charge is -2.09. The first-order valence-electron chi connectivity index (χ1n) is 8.71. The number of aromatic nitrogens is 3. The first kappa shape index (κ1) is 19.0. The van der Waals surface area contributed by atoms with E-state index in [1.54, 1.807) is 41.2 Å². The average molecular weight is 380 g/mol. The lowest BCUT2D eigenvalue weighted by molar-refractivity contribution is -0.384. The van der Waals surface area contributed by atoms with Gasteiger partial charge in [0.2, 0.25) is 5.91 Å². The van der Waals surface area contributed by atoms with Gasteiger partial charge in [0.1, 0.15) is 5.69 Å². The van der Waals surface area contributed by atoms with E-state index < -0.39 is 4.92 Å². The van der Waals surface area contributed by atoms with E-state index in [9.17, 15) is 14.9 Å². The second kappa shape index (κ2) is 8.30. The second-order valence-corrected chi connectivity index (χ2v) is 6.24. The highest BCUT2D eigenvalue weighted by Gasteiger charge is 2.12. The summed E-state index contributed by atoms with van der Waals surface area (Å²) in [5, 5.41) is 21.0. The topological polar surface area (TPSA) is 115 Å². The third kappa shape index (κ3) is 4.50. The summed E-state index contributed by atoms with van der Waals surface area (Å²) in [5.41, 5.74) is 2.81. The zero-order valence-electron chi connectivity index (χ0n) is 15.5. The Morgan fingerprint density at radius 1 is 1.21 bits per heavy atom. The van der Waals surface area contributed by atoms with Crippen LogP contribution < -0.4 is 10.6 Å². The number of nitrogens with one attached hydrogen (secondary N) is 2. The first-order chi connectivity index (χ1) is 13.4. The van der Waals surface area contributed by atoms with Crippen molar-refractivity contribution in [1.29, 1.82) is 0 Å². The van der Waals surface area contributed by atoms with Gasteiger partial charge in [-0.05, 0) is 38.1 Å². The van der Waals surface area contributed by atoms with Crippen molar-refractivity contribution in [2.75, 3.05) is 17.2 Å². The number of nitrogens with zero attached hydrogens (tertiary/aromatic N) is 4. The van der Waals surface area contributed by atoms with Crippen molar-refractivity contribution in [2.45, 2.75) is 20.3 Å². The molecule has 0 aliphatic carbocycles. The molecule has 3 rings (SSSR count). The number of nitro groups is 1. The predicted octanol–water partition coefficient (Wildman–Crippen LogP) is 3.23. The van der Waals surface area contributed by atoms with Gasteiger partial charge >= 0.3 is 0 Å². The fourth-order valence-electron chi connectivity index (χ4n) is 2.76. The summed E-state index contributed by atoms with van der Waals surface area (Å²) >= 11 is 0. The summed E-state index contributed by atoms with van der Waals surface area (Å²) in [5.74, 6) is 0.452. The number of pyridine rings is 1. The zero-order chi connectivity index (χ0) is 20.1. The van der Waals surface area contributed by atoms with E-state index in [1.807, 2.05) is 19.9 Å². The van der Waals surface area contributed by atoms with Crippen molar-refractivity contribution in [1.82, 2.24) is 14.8 Å². The fraction of sp³-hybridized carbons (Fsp3) is 0.211. The predicted molar refractivity (Wildman–Crippen MR) is 106 cm³/mol. The molecule has 9 nitrogen and oxygen atoms in total. The monoisotopic (exact) mass is 380 g/mol. The van der Waals surface area contributed by atoms with Crippen LogP contribution in [0.3, 0.4) is 0 Å². The maximum absolute atomic E-state index is 12.1. The number of benzene rings is 1. The average Bonchev–Trinajstić information content (AvgIpc) is 3.01. The molecule has 9 heteroatoms. The number of amides is 1. The van der Waals surface area contributed by atoms with E-state index in [0.717, 1.165) is 11.4 Å². The number of rotatable bonds is 7. The molecule has 0 radical (unpaired) electrons. The molecular formula is C19H20N6O3. The van der Waals surface area contributed by atoms with Gasteiger partial charge in [0.05, 0.1) is 22.5 Å². The Morgan fingerprint density at radius 3 is 2.64 bits per heavy atom. The molecule has 1 amide bonds. The highest BCUT2D eigenvalue weighted by atomic mass is 16.6. The molecule has 2 aromatic heterocycles. The van der Waals surface area contributed by atoms with Gasteiger partial charge in [0.25, 0.3) is 5.69 Å². The molecule has 1 aromatic carbocycles. The number of carbonyl (C=O) groups is 1. The third-order valence-corrected chi connectivity index (χ3v) is 4.03. The number of nitro benzene ring substituents is 1. The number of hydrogen-bond acceptors (Lipinski definition) is 6. The Labute approximate surface area is 161 Å². The summed E-state index contributed by atoms with van der Waals surface area (Å²) < 4.78 is 1.73. The quantitative estimate of drug-likeness (QED) is 0.480. The zero-order valence-corrected chi connectivity index (χ0v) is 15.5. The van der Waals surface area contributed by atoms with Gasteiger partial charge < -0.3 is 10.6 Å². The molecule has 0 bridgehead atoms. The fourth-order valence-corrected chi connectivity index (χ4v) is 2.76. The number of aryl methyl sites for hydroxylation is 2. The molecule has 2 heterocycles. The van der Waals surface area contributed by atoms with Crippen LogP contribution in [0.25, 0.3) is 5.82 Å². The van der Waals surface area contributed by atoms with Crippen LogP contribution in [0, 0.1) is 24.0 Å². The van der Waals surface area contributed by atoms with Gasteiger partial charge in [-0.25, -0.2) is 9.67 Å². The van der Waals surface area contributed by atoms with E-state index in [-0.39, 0.29) is 24.6 Å². The number of hydrogen-bond donors (Lipinski definition) is 2.